The van der Waals surface area contributed by atoms with Crippen LogP contribution >= 0.6 is 0 Å². The number of alkyl halides is 3. The molecule has 3 fully saturated rings. The van der Waals surface area contributed by atoms with Gasteiger partial charge in [-0.3, -0.25) is 9.69 Å². The summed E-state index contributed by atoms with van der Waals surface area (Å²) in [5.74, 6) is 0.643. The summed E-state index contributed by atoms with van der Waals surface area (Å²) in [7, 11) is 0. The second-order valence-corrected chi connectivity index (χ2v) is 13.9. The Bertz CT molecular complexity index is 1850. The largest absolute Gasteiger partial charge is 0.486 e. The number of benzene rings is 3. The number of piperidine rings is 2. The van der Waals surface area contributed by atoms with E-state index in [1.54, 1.807) is 12.1 Å². The number of likely N-dealkylation sites (tertiary alicyclic amines) is 2. The van der Waals surface area contributed by atoms with Gasteiger partial charge in [-0.1, -0.05) is 48.9 Å². The van der Waals surface area contributed by atoms with Crippen LogP contribution in [-0.2, 0) is 18.3 Å². The lowest BCUT2D eigenvalue weighted by Gasteiger charge is -2.40. The lowest BCUT2D eigenvalue weighted by atomic mass is 9.92. The van der Waals surface area contributed by atoms with Gasteiger partial charge in [0, 0.05) is 29.1 Å². The molecule has 3 aromatic carbocycles. The molecule has 256 valence electrons. The first-order valence-electron chi connectivity index (χ1n) is 17.6. The maximum atomic E-state index is 14.8. The minimum absolute atomic E-state index is 0.267. The van der Waals surface area contributed by atoms with Crippen LogP contribution in [0.3, 0.4) is 0 Å². The highest BCUT2D eigenvalue weighted by atomic mass is 19.4. The van der Waals surface area contributed by atoms with E-state index in [1.807, 2.05) is 36.4 Å². The zero-order valence-corrected chi connectivity index (χ0v) is 27.5. The second-order valence-electron chi connectivity index (χ2n) is 13.9. The number of carbonyl (C=O) groups excluding carboxylic acids is 1. The molecule has 49 heavy (non-hydrogen) atoms. The first-order chi connectivity index (χ1) is 23.8. The molecule has 4 aliphatic rings. The molecule has 0 unspecified atom stereocenters. The van der Waals surface area contributed by atoms with Gasteiger partial charge in [0.15, 0.2) is 11.5 Å². The van der Waals surface area contributed by atoms with Crippen molar-refractivity contribution in [1.82, 2.24) is 20.1 Å². The number of nitrogens with zero attached hydrogens (tertiary/aromatic N) is 3. The molecule has 0 radical (unpaired) electrons. The summed E-state index contributed by atoms with van der Waals surface area (Å²) in [4.78, 5) is 24.8. The Morgan fingerprint density at radius 1 is 0.898 bits per heavy atom. The van der Waals surface area contributed by atoms with Gasteiger partial charge in [-0.2, -0.15) is 13.2 Å². The highest BCUT2D eigenvalue weighted by Crippen LogP contribution is 2.47. The smallest absolute Gasteiger partial charge is 0.416 e. The van der Waals surface area contributed by atoms with E-state index in [2.05, 4.69) is 15.1 Å². The van der Waals surface area contributed by atoms with Crippen LogP contribution in [0.5, 0.6) is 11.5 Å². The predicted octanol–water partition coefficient (Wildman–Crippen LogP) is 7.56. The molecule has 1 aliphatic carbocycles. The number of aromatic nitrogens is 1. The quantitative estimate of drug-likeness (QED) is 0.219. The third kappa shape index (κ3) is 6.36. The van der Waals surface area contributed by atoms with E-state index in [4.69, 9.17) is 14.5 Å². The average Bonchev–Trinajstić information content (AvgIpc) is 3.92. The fourth-order valence-corrected chi connectivity index (χ4v) is 7.97. The minimum Gasteiger partial charge on any atom is -0.486 e. The molecule has 1 saturated carbocycles. The molecule has 8 rings (SSSR count). The van der Waals surface area contributed by atoms with Crippen molar-refractivity contribution in [3.05, 3.63) is 89.0 Å². The van der Waals surface area contributed by atoms with Gasteiger partial charge >= 0.3 is 6.18 Å². The number of halogens is 3. The molecule has 10 heteroatoms. The van der Waals surface area contributed by atoms with Crippen LogP contribution < -0.4 is 14.8 Å². The van der Waals surface area contributed by atoms with Gasteiger partial charge < -0.3 is 19.7 Å². The molecule has 4 aromatic rings. The molecule has 4 heterocycles. The average molecular weight is 671 g/mol. The van der Waals surface area contributed by atoms with Gasteiger partial charge in [-0.15, -0.1) is 0 Å². The Kier molecular flexibility index (Phi) is 8.48. The molecular formula is C39H41F3N4O3. The van der Waals surface area contributed by atoms with Gasteiger partial charge in [0.25, 0.3) is 5.91 Å². The third-order valence-corrected chi connectivity index (χ3v) is 10.7. The summed E-state index contributed by atoms with van der Waals surface area (Å²) in [6.07, 6.45) is 2.87. The first kappa shape index (κ1) is 32.1. The van der Waals surface area contributed by atoms with Crippen molar-refractivity contribution in [2.24, 2.45) is 0 Å². The summed E-state index contributed by atoms with van der Waals surface area (Å²) in [6.45, 7) is 5.01. The van der Waals surface area contributed by atoms with Crippen molar-refractivity contribution < 1.29 is 27.4 Å². The number of hydrogen-bond donors (Lipinski definition) is 1. The number of rotatable bonds is 7. The molecule has 1 N–H and O–H groups in total. The van der Waals surface area contributed by atoms with Crippen molar-refractivity contribution >= 4 is 16.8 Å². The fourth-order valence-electron chi connectivity index (χ4n) is 7.97. The van der Waals surface area contributed by atoms with Gasteiger partial charge in [0.2, 0.25) is 0 Å². The number of hydrogen-bond acceptors (Lipinski definition) is 6. The maximum Gasteiger partial charge on any atom is 0.416 e. The Balaban J connectivity index is 1.25. The summed E-state index contributed by atoms with van der Waals surface area (Å²) in [5.41, 5.74) is 1.90. The molecule has 0 bridgehead atoms. The van der Waals surface area contributed by atoms with E-state index >= 15 is 0 Å². The Morgan fingerprint density at radius 3 is 2.39 bits per heavy atom. The van der Waals surface area contributed by atoms with Crippen LogP contribution in [0.1, 0.15) is 72.0 Å². The maximum absolute atomic E-state index is 14.8. The van der Waals surface area contributed by atoms with E-state index in [1.165, 1.54) is 25.3 Å². The van der Waals surface area contributed by atoms with Gasteiger partial charge in [0.1, 0.15) is 18.7 Å². The second kappa shape index (κ2) is 12.9. The van der Waals surface area contributed by atoms with Crippen LogP contribution in [0.15, 0.2) is 66.7 Å². The van der Waals surface area contributed by atoms with E-state index in [9.17, 15) is 18.0 Å². The molecule has 7 nitrogen and oxygen atoms in total. The zero-order chi connectivity index (χ0) is 33.6. The summed E-state index contributed by atoms with van der Waals surface area (Å²) in [6, 6.07) is 19.4. The van der Waals surface area contributed by atoms with Crippen LogP contribution in [0.4, 0.5) is 13.2 Å². The molecule has 0 spiro atoms. The summed E-state index contributed by atoms with van der Waals surface area (Å²) in [5, 5.41) is 3.97. The monoisotopic (exact) mass is 670 g/mol. The summed E-state index contributed by atoms with van der Waals surface area (Å²) < 4.78 is 54.1. The predicted molar refractivity (Wildman–Crippen MR) is 182 cm³/mol. The van der Waals surface area contributed by atoms with Gasteiger partial charge in [-0.25, -0.2) is 4.98 Å². The highest BCUT2D eigenvalue weighted by Gasteiger charge is 2.46. The lowest BCUT2D eigenvalue weighted by Crippen LogP contribution is -2.46. The SMILES string of the molecule is O=C(NC1(c2ccccc2)CC1)c1c(CN2CCC(N3CCCCC3)CC2)c(-c2cccc(C(F)(F)F)c2)nc2c3c(ccc12)OCCO3. The molecule has 3 aliphatic heterocycles. The van der Waals surface area contributed by atoms with E-state index in [-0.39, 0.29) is 5.91 Å². The van der Waals surface area contributed by atoms with Crippen molar-refractivity contribution in [2.45, 2.75) is 69.2 Å². The van der Waals surface area contributed by atoms with E-state index < -0.39 is 17.3 Å². The fraction of sp³-hybridized carbons (Fsp3) is 0.436. The number of fused-ring (bicyclic) bond motifs is 3. The van der Waals surface area contributed by atoms with Crippen LogP contribution in [0.25, 0.3) is 22.2 Å². The normalized spacial score (nSPS) is 19.9. The highest BCUT2D eigenvalue weighted by molar-refractivity contribution is 6.11. The molecule has 0 atom stereocenters. The first-order valence-corrected chi connectivity index (χ1v) is 17.6. The minimum atomic E-state index is -4.53. The number of amides is 1. The van der Waals surface area contributed by atoms with Crippen LogP contribution in [-0.4, -0.2) is 66.1 Å². The number of pyridine rings is 1. The number of ether oxygens (including phenoxy) is 2. The molecule has 2 saturated heterocycles. The molecule has 1 amide bonds. The standard InChI is InChI=1S/C39H41F3N4O3/c40-39(41,42)28-11-7-8-26(24-28)34-31(25-45-20-14-29(15-21-45)46-18-5-2-6-19-46)33(30-12-13-32-36(35(30)43-34)49-23-22-48-32)37(47)44-38(16-17-38)27-9-3-1-4-10-27/h1,3-4,7-13,24,29H,2,5-6,14-23,25H2,(H,44,47). The molecular weight excluding hydrogens is 629 g/mol. The van der Waals surface area contributed by atoms with Crippen LogP contribution in [0, 0.1) is 0 Å². The van der Waals surface area contributed by atoms with E-state index in [0.29, 0.717) is 70.6 Å². The van der Waals surface area contributed by atoms with Crippen molar-refractivity contribution in [3.8, 4) is 22.8 Å². The van der Waals surface area contributed by atoms with Crippen LogP contribution in [0.2, 0.25) is 0 Å². The Morgan fingerprint density at radius 2 is 1.65 bits per heavy atom. The number of nitrogens with one attached hydrogen (secondary N) is 1. The molecule has 1 aromatic heterocycles. The Hall–Kier alpha value is -4.15. The van der Waals surface area contributed by atoms with Gasteiger partial charge in [-0.05, 0) is 94.5 Å². The van der Waals surface area contributed by atoms with Gasteiger partial charge in [0.05, 0.1) is 22.4 Å². The zero-order valence-electron chi connectivity index (χ0n) is 27.5. The third-order valence-electron chi connectivity index (χ3n) is 10.7. The van der Waals surface area contributed by atoms with E-state index in [0.717, 1.165) is 69.6 Å². The lowest BCUT2D eigenvalue weighted by molar-refractivity contribution is -0.137. The van der Waals surface area contributed by atoms with Crippen molar-refractivity contribution in [3.63, 3.8) is 0 Å². The van der Waals surface area contributed by atoms with Crippen molar-refractivity contribution in [2.75, 3.05) is 39.4 Å². The van der Waals surface area contributed by atoms with Crippen molar-refractivity contribution in [1.29, 1.82) is 0 Å². The summed E-state index contributed by atoms with van der Waals surface area (Å²) >= 11 is 0. The number of carbonyl (C=O) groups is 1. The topological polar surface area (TPSA) is 66.9 Å². The Labute approximate surface area is 284 Å².